The molecule has 4 aliphatic rings. The Bertz CT molecular complexity index is 2390. The third kappa shape index (κ3) is 13.7. The highest BCUT2D eigenvalue weighted by Crippen LogP contribution is 2.48. The van der Waals surface area contributed by atoms with E-state index in [-0.39, 0.29) is 59.4 Å². The number of allylic oxidation sites excluding steroid dienone is 4. The van der Waals surface area contributed by atoms with Gasteiger partial charge in [-0.3, -0.25) is 0 Å². The Morgan fingerprint density at radius 3 is 1.19 bits per heavy atom. The van der Waals surface area contributed by atoms with Crippen molar-refractivity contribution in [3.8, 4) is 0 Å². The van der Waals surface area contributed by atoms with Gasteiger partial charge in [0.1, 0.15) is 0 Å². The largest absolute Gasteiger partial charge is 0.340 e. The third-order valence-corrected chi connectivity index (χ3v) is 18.0. The van der Waals surface area contributed by atoms with Crippen LogP contribution in [0, 0.1) is 71.0 Å². The lowest BCUT2D eigenvalue weighted by Crippen LogP contribution is -2.16. The number of hydrogen-bond acceptors (Lipinski definition) is 0. The summed E-state index contributed by atoms with van der Waals surface area (Å²) in [6.07, 6.45) is 29.0. The summed E-state index contributed by atoms with van der Waals surface area (Å²) in [5, 5.41) is 5.60. The first-order valence-corrected chi connectivity index (χ1v) is 26.3. The van der Waals surface area contributed by atoms with Gasteiger partial charge in [-0.05, 0) is 153 Å². The van der Waals surface area contributed by atoms with Gasteiger partial charge in [0.25, 0.3) is 0 Å². The molecular formula is C70H112N2. The first kappa shape index (κ1) is 65.7. The van der Waals surface area contributed by atoms with Crippen LogP contribution in [-0.2, 0) is 13.1 Å². The van der Waals surface area contributed by atoms with Crippen LogP contribution >= 0.6 is 0 Å². The van der Waals surface area contributed by atoms with Gasteiger partial charge in [-0.2, -0.15) is 0 Å². The molecule has 11 atom stereocenters. The van der Waals surface area contributed by atoms with Gasteiger partial charge in [-0.25, -0.2) is 0 Å². The molecule has 2 heterocycles. The highest BCUT2D eigenvalue weighted by atomic mass is 15.0. The lowest BCUT2D eigenvalue weighted by molar-refractivity contribution is 0.298. The van der Waals surface area contributed by atoms with Crippen molar-refractivity contribution in [3.05, 3.63) is 135 Å². The summed E-state index contributed by atoms with van der Waals surface area (Å²) in [5.41, 5.74) is 5.60. The molecule has 0 radical (unpaired) electrons. The lowest BCUT2D eigenvalue weighted by Gasteiger charge is -2.23. The van der Waals surface area contributed by atoms with Crippen molar-refractivity contribution in [2.45, 2.75) is 190 Å². The topological polar surface area (TPSA) is 9.86 Å². The van der Waals surface area contributed by atoms with Crippen molar-refractivity contribution in [3.63, 3.8) is 0 Å². The standard InChI is InChI=1S/C31H43N.C31H37N.8CH4/c2*1-4-22-17-26(16-15-23-19-24(5-2)25(6-3)20-23)27(18-22)21-32-30-13-9-7-11-28(30)29-12-8-10-14-31(29)32;;;;;;;;/h7-14,22-27H,4-6,15-21H2,1-3H3;4-5,7-16,22-27H,1-2,6,17-21H2,3H3;8*1H4/b;16-15-;;;;;;;;. The van der Waals surface area contributed by atoms with Crippen LogP contribution in [0.3, 0.4) is 0 Å². The zero-order valence-electron chi connectivity index (χ0n) is 40.1. The average Bonchev–Trinajstić information content (AvgIpc) is 4.21. The second-order valence-corrected chi connectivity index (χ2v) is 21.4. The Balaban J connectivity index is 0.000000648. The molecule has 0 amide bonds. The Morgan fingerprint density at radius 2 is 0.778 bits per heavy atom. The minimum atomic E-state index is 0. The highest BCUT2D eigenvalue weighted by Gasteiger charge is 2.37. The summed E-state index contributed by atoms with van der Waals surface area (Å²) < 4.78 is 5.24. The molecule has 2 aromatic heterocycles. The van der Waals surface area contributed by atoms with E-state index in [1.807, 2.05) is 0 Å². The van der Waals surface area contributed by atoms with Crippen LogP contribution in [0.4, 0.5) is 0 Å². The van der Waals surface area contributed by atoms with E-state index in [2.05, 4.69) is 171 Å². The van der Waals surface area contributed by atoms with Crippen LogP contribution in [0.2, 0.25) is 0 Å². The zero-order valence-corrected chi connectivity index (χ0v) is 40.1. The van der Waals surface area contributed by atoms with Gasteiger partial charge in [-0.1, -0.05) is 216 Å². The van der Waals surface area contributed by atoms with Gasteiger partial charge in [0, 0.05) is 56.7 Å². The predicted octanol–water partition coefficient (Wildman–Crippen LogP) is 22.6. The number of rotatable bonds is 15. The molecule has 4 fully saturated rings. The molecular weight excluding hydrogens is 869 g/mol. The summed E-state index contributed by atoms with van der Waals surface area (Å²) in [5.74, 6) is 9.88. The maximum Gasteiger partial charge on any atom is 0.0491 e. The van der Waals surface area contributed by atoms with Crippen molar-refractivity contribution < 1.29 is 0 Å². The van der Waals surface area contributed by atoms with E-state index in [4.69, 9.17) is 0 Å². The van der Waals surface area contributed by atoms with E-state index in [1.54, 1.807) is 0 Å². The number of hydrogen-bond donors (Lipinski definition) is 0. The third-order valence-electron chi connectivity index (χ3n) is 18.0. The predicted molar refractivity (Wildman–Crippen MR) is 331 cm³/mol. The number of aromatic nitrogens is 2. The monoisotopic (exact) mass is 981 g/mol. The minimum Gasteiger partial charge on any atom is -0.340 e. The van der Waals surface area contributed by atoms with Crippen molar-refractivity contribution in [1.29, 1.82) is 0 Å². The van der Waals surface area contributed by atoms with Crippen LogP contribution in [0.5, 0.6) is 0 Å². The van der Waals surface area contributed by atoms with Crippen molar-refractivity contribution in [1.82, 2.24) is 9.13 Å². The van der Waals surface area contributed by atoms with Crippen LogP contribution in [-0.4, -0.2) is 9.13 Å². The van der Waals surface area contributed by atoms with Gasteiger partial charge >= 0.3 is 0 Å². The van der Waals surface area contributed by atoms with Gasteiger partial charge < -0.3 is 9.13 Å². The number of nitrogens with zero attached hydrogens (tertiary/aromatic N) is 2. The molecule has 11 unspecified atom stereocenters. The fraction of sp³-hybridized carbons (Fsp3) is 0.571. The van der Waals surface area contributed by atoms with Crippen LogP contribution in [0.15, 0.2) is 135 Å². The Labute approximate surface area is 446 Å². The summed E-state index contributed by atoms with van der Waals surface area (Å²) in [7, 11) is 0. The Hall–Kier alpha value is -4.30. The molecule has 4 saturated carbocycles. The molecule has 4 aliphatic carbocycles. The van der Waals surface area contributed by atoms with Gasteiger partial charge in [0.2, 0.25) is 0 Å². The molecule has 0 N–H and O–H groups in total. The van der Waals surface area contributed by atoms with Crippen molar-refractivity contribution >= 4 is 43.6 Å². The molecule has 402 valence electrons. The average molecular weight is 982 g/mol. The highest BCUT2D eigenvalue weighted by molar-refractivity contribution is 6.08. The molecule has 6 aromatic rings. The molecule has 2 heteroatoms. The maximum absolute atomic E-state index is 4.15. The van der Waals surface area contributed by atoms with Crippen molar-refractivity contribution in [2.24, 2.45) is 71.0 Å². The second-order valence-electron chi connectivity index (χ2n) is 21.4. The van der Waals surface area contributed by atoms with Gasteiger partial charge in [0.05, 0.1) is 0 Å². The molecule has 0 spiro atoms. The lowest BCUT2D eigenvalue weighted by atomic mass is 9.87. The van der Waals surface area contributed by atoms with Crippen LogP contribution in [0.25, 0.3) is 43.6 Å². The van der Waals surface area contributed by atoms with Crippen molar-refractivity contribution in [2.75, 3.05) is 0 Å². The molecule has 0 bridgehead atoms. The minimum absolute atomic E-state index is 0. The van der Waals surface area contributed by atoms with Gasteiger partial charge in [-0.15, -0.1) is 13.2 Å². The first-order valence-electron chi connectivity index (χ1n) is 26.3. The normalized spacial score (nSPS) is 27.2. The summed E-state index contributed by atoms with van der Waals surface area (Å²) >= 11 is 0. The van der Waals surface area contributed by atoms with E-state index >= 15 is 0 Å². The number of fused-ring (bicyclic) bond motifs is 6. The zero-order chi connectivity index (χ0) is 44.2. The second kappa shape index (κ2) is 30.2. The summed E-state index contributed by atoms with van der Waals surface area (Å²) in [6, 6.07) is 35.9. The van der Waals surface area contributed by atoms with E-state index < -0.39 is 0 Å². The molecule has 0 aliphatic heterocycles. The molecule has 10 rings (SSSR count). The van der Waals surface area contributed by atoms with E-state index in [0.29, 0.717) is 23.7 Å². The smallest absolute Gasteiger partial charge is 0.0491 e. The van der Waals surface area contributed by atoms with E-state index in [9.17, 15) is 0 Å². The number of para-hydroxylation sites is 4. The fourth-order valence-electron chi connectivity index (χ4n) is 14.4. The van der Waals surface area contributed by atoms with Crippen LogP contribution < -0.4 is 0 Å². The van der Waals surface area contributed by atoms with E-state index in [0.717, 1.165) is 53.9 Å². The van der Waals surface area contributed by atoms with E-state index in [1.165, 1.54) is 140 Å². The molecule has 0 saturated heterocycles. The Kier molecular flexibility index (Phi) is 27.5. The van der Waals surface area contributed by atoms with Crippen LogP contribution in [0.1, 0.15) is 177 Å². The molecule has 2 nitrogen and oxygen atoms in total. The quantitative estimate of drug-likeness (QED) is 0.0908. The maximum atomic E-state index is 4.15. The Morgan fingerprint density at radius 1 is 0.375 bits per heavy atom. The summed E-state index contributed by atoms with van der Waals surface area (Å²) in [6.45, 7) is 20.1. The summed E-state index contributed by atoms with van der Waals surface area (Å²) in [4.78, 5) is 0. The fourth-order valence-corrected chi connectivity index (χ4v) is 14.4. The first-order chi connectivity index (χ1) is 31.4. The number of benzene rings is 4. The van der Waals surface area contributed by atoms with Gasteiger partial charge in [0.15, 0.2) is 0 Å². The molecule has 4 aromatic carbocycles. The SMILES string of the molecule is C.C.C.C.C.C.C.C.C=CC1CC(/C=C\C2CC(C=C)C(CC)C2)C(Cn2c3ccccc3c3ccccc32)C1.CCC1CC(CCC2CC(CC)C(CC)C2)C(Cn2c3ccccc3c3ccccc32)C1. The molecule has 72 heavy (non-hydrogen) atoms.